The van der Waals surface area contributed by atoms with Gasteiger partial charge in [0, 0.05) is 25.2 Å². The Hall–Kier alpha value is -1.68. The van der Waals surface area contributed by atoms with Crippen molar-refractivity contribution in [3.8, 4) is 0 Å². The Balaban J connectivity index is 0.00000625. The number of anilines is 1. The summed E-state index contributed by atoms with van der Waals surface area (Å²) in [6.45, 7) is 4.18. The minimum absolute atomic E-state index is 0. The number of rotatable bonds is 10. The first-order valence-corrected chi connectivity index (χ1v) is 9.59. The minimum atomic E-state index is -3.67. The standard InChI is InChI=1S/C16H26N4O4S.ClH/c1-12(2)6-7-15(21)18-11-16(22)20-13-4-3-5-14(10-13)25(23,24)19-9-8-17;/h3-5,10,12,19H,6-9,11,17H2,1-2H3,(H,18,21)(H,20,22);1H. The van der Waals surface area contributed by atoms with Crippen LogP contribution in [0.3, 0.4) is 0 Å². The van der Waals surface area contributed by atoms with Crippen molar-refractivity contribution in [3.63, 3.8) is 0 Å². The van der Waals surface area contributed by atoms with Gasteiger partial charge in [0.1, 0.15) is 0 Å². The fraction of sp³-hybridized carbons (Fsp3) is 0.500. The molecule has 0 atom stereocenters. The van der Waals surface area contributed by atoms with Gasteiger partial charge in [0.15, 0.2) is 0 Å². The van der Waals surface area contributed by atoms with Gasteiger partial charge in [-0.3, -0.25) is 9.59 Å². The highest BCUT2D eigenvalue weighted by Crippen LogP contribution is 2.15. The van der Waals surface area contributed by atoms with Crippen LogP contribution in [-0.2, 0) is 19.6 Å². The number of amides is 2. The first-order chi connectivity index (χ1) is 11.7. The van der Waals surface area contributed by atoms with Crippen molar-refractivity contribution in [3.05, 3.63) is 24.3 Å². The van der Waals surface area contributed by atoms with E-state index < -0.39 is 15.9 Å². The highest BCUT2D eigenvalue weighted by molar-refractivity contribution is 7.89. The summed E-state index contributed by atoms with van der Waals surface area (Å²) >= 11 is 0. The Bertz CT molecular complexity index is 695. The zero-order chi connectivity index (χ0) is 18.9. The molecule has 0 aliphatic heterocycles. The maximum atomic E-state index is 12.0. The molecule has 2 amide bonds. The predicted octanol–water partition coefficient (Wildman–Crippen LogP) is 0.836. The van der Waals surface area contributed by atoms with E-state index in [9.17, 15) is 18.0 Å². The Morgan fingerprint density at radius 1 is 1.19 bits per heavy atom. The lowest BCUT2D eigenvalue weighted by Gasteiger charge is -2.10. The summed E-state index contributed by atoms with van der Waals surface area (Å²) < 4.78 is 26.4. The lowest BCUT2D eigenvalue weighted by molar-refractivity contribution is -0.124. The molecule has 0 heterocycles. The number of sulfonamides is 1. The van der Waals surface area contributed by atoms with Crippen LogP contribution in [0.1, 0.15) is 26.7 Å². The summed E-state index contributed by atoms with van der Waals surface area (Å²) in [7, 11) is -3.67. The minimum Gasteiger partial charge on any atom is -0.347 e. The van der Waals surface area contributed by atoms with E-state index in [-0.39, 0.29) is 42.8 Å². The molecule has 5 N–H and O–H groups in total. The second-order valence-electron chi connectivity index (χ2n) is 5.97. The zero-order valence-electron chi connectivity index (χ0n) is 14.9. The van der Waals surface area contributed by atoms with Gasteiger partial charge in [-0.05, 0) is 30.5 Å². The van der Waals surface area contributed by atoms with Crippen molar-refractivity contribution in [2.24, 2.45) is 11.7 Å². The summed E-state index contributed by atoms with van der Waals surface area (Å²) in [4.78, 5) is 23.5. The number of hydrogen-bond acceptors (Lipinski definition) is 5. The number of nitrogens with one attached hydrogen (secondary N) is 3. The summed E-state index contributed by atoms with van der Waals surface area (Å²) in [5.74, 6) is -0.203. The number of carbonyl (C=O) groups excluding carboxylic acids is 2. The number of carbonyl (C=O) groups is 2. The van der Waals surface area contributed by atoms with Gasteiger partial charge in [0.05, 0.1) is 11.4 Å². The monoisotopic (exact) mass is 406 g/mol. The molecule has 0 aliphatic rings. The van der Waals surface area contributed by atoms with Crippen LogP contribution in [0, 0.1) is 5.92 Å². The Labute approximate surface area is 160 Å². The highest BCUT2D eigenvalue weighted by Gasteiger charge is 2.14. The molecule has 0 saturated heterocycles. The lowest BCUT2D eigenvalue weighted by atomic mass is 10.1. The van der Waals surface area contributed by atoms with Crippen molar-refractivity contribution >= 4 is 39.9 Å². The van der Waals surface area contributed by atoms with Crippen molar-refractivity contribution in [2.45, 2.75) is 31.6 Å². The summed E-state index contributed by atoms with van der Waals surface area (Å²) in [5.41, 5.74) is 5.62. The van der Waals surface area contributed by atoms with Crippen LogP contribution in [0.5, 0.6) is 0 Å². The smallest absolute Gasteiger partial charge is 0.243 e. The molecular weight excluding hydrogens is 380 g/mol. The molecule has 0 bridgehead atoms. The molecule has 8 nitrogen and oxygen atoms in total. The lowest BCUT2D eigenvalue weighted by Crippen LogP contribution is -2.33. The maximum Gasteiger partial charge on any atom is 0.243 e. The zero-order valence-corrected chi connectivity index (χ0v) is 16.6. The van der Waals surface area contributed by atoms with E-state index in [0.29, 0.717) is 18.0 Å². The molecule has 148 valence electrons. The average Bonchev–Trinajstić information content (AvgIpc) is 2.56. The van der Waals surface area contributed by atoms with Crippen LogP contribution in [0.25, 0.3) is 0 Å². The quantitative estimate of drug-likeness (QED) is 0.457. The van der Waals surface area contributed by atoms with Crippen LogP contribution in [0.4, 0.5) is 5.69 Å². The van der Waals surface area contributed by atoms with E-state index in [1.54, 1.807) is 6.07 Å². The Kier molecular flexibility index (Phi) is 11.1. The third kappa shape index (κ3) is 9.14. The highest BCUT2D eigenvalue weighted by atomic mass is 35.5. The van der Waals surface area contributed by atoms with E-state index in [4.69, 9.17) is 5.73 Å². The van der Waals surface area contributed by atoms with Gasteiger partial charge in [-0.25, -0.2) is 13.1 Å². The molecular formula is C16H27ClN4O4S. The first kappa shape index (κ1) is 24.3. The predicted molar refractivity (Wildman–Crippen MR) is 104 cm³/mol. The molecule has 0 aromatic heterocycles. The SMILES string of the molecule is CC(C)CCC(=O)NCC(=O)Nc1cccc(S(=O)(=O)NCCN)c1.Cl. The summed E-state index contributed by atoms with van der Waals surface area (Å²) in [5, 5.41) is 5.10. The van der Waals surface area contributed by atoms with Gasteiger partial charge in [-0.15, -0.1) is 12.4 Å². The van der Waals surface area contributed by atoms with Gasteiger partial charge in [0.2, 0.25) is 21.8 Å². The Morgan fingerprint density at radius 2 is 1.88 bits per heavy atom. The van der Waals surface area contributed by atoms with Crippen LogP contribution in [0.2, 0.25) is 0 Å². The molecule has 0 saturated carbocycles. The third-order valence-corrected chi connectivity index (χ3v) is 4.72. The molecule has 1 aromatic carbocycles. The molecule has 0 aliphatic carbocycles. The Morgan fingerprint density at radius 3 is 2.50 bits per heavy atom. The van der Waals surface area contributed by atoms with Crippen LogP contribution >= 0.6 is 12.4 Å². The second-order valence-corrected chi connectivity index (χ2v) is 7.74. The number of nitrogens with two attached hydrogens (primary N) is 1. The molecule has 0 fully saturated rings. The van der Waals surface area contributed by atoms with E-state index in [1.165, 1.54) is 18.2 Å². The molecule has 1 aromatic rings. The summed E-state index contributed by atoms with van der Waals surface area (Å²) in [6.07, 6.45) is 1.12. The van der Waals surface area contributed by atoms with Crippen molar-refractivity contribution in [1.29, 1.82) is 0 Å². The van der Waals surface area contributed by atoms with Crippen molar-refractivity contribution in [1.82, 2.24) is 10.0 Å². The molecule has 26 heavy (non-hydrogen) atoms. The molecule has 0 unspecified atom stereocenters. The van der Waals surface area contributed by atoms with Crippen LogP contribution < -0.4 is 21.1 Å². The fourth-order valence-corrected chi connectivity index (χ4v) is 3.00. The van der Waals surface area contributed by atoms with Gasteiger partial charge in [0.25, 0.3) is 0 Å². The molecule has 0 spiro atoms. The van der Waals surface area contributed by atoms with Gasteiger partial charge in [-0.2, -0.15) is 0 Å². The van der Waals surface area contributed by atoms with Gasteiger partial charge in [-0.1, -0.05) is 19.9 Å². The number of hydrogen-bond donors (Lipinski definition) is 4. The molecule has 10 heteroatoms. The fourth-order valence-electron chi connectivity index (χ4n) is 1.91. The normalized spacial score (nSPS) is 10.9. The maximum absolute atomic E-state index is 12.0. The van der Waals surface area contributed by atoms with E-state index in [0.717, 1.165) is 6.42 Å². The van der Waals surface area contributed by atoms with Crippen LogP contribution in [0.15, 0.2) is 29.2 Å². The van der Waals surface area contributed by atoms with Crippen LogP contribution in [-0.4, -0.2) is 39.9 Å². The average molecular weight is 407 g/mol. The van der Waals surface area contributed by atoms with E-state index in [2.05, 4.69) is 15.4 Å². The van der Waals surface area contributed by atoms with E-state index in [1.807, 2.05) is 13.8 Å². The van der Waals surface area contributed by atoms with E-state index >= 15 is 0 Å². The first-order valence-electron chi connectivity index (χ1n) is 8.11. The largest absolute Gasteiger partial charge is 0.347 e. The topological polar surface area (TPSA) is 130 Å². The third-order valence-electron chi connectivity index (χ3n) is 3.26. The number of halogens is 1. The molecule has 0 radical (unpaired) electrons. The second kappa shape index (κ2) is 11.8. The number of benzene rings is 1. The van der Waals surface area contributed by atoms with Crippen molar-refractivity contribution < 1.29 is 18.0 Å². The summed E-state index contributed by atoms with van der Waals surface area (Å²) in [6, 6.07) is 5.85. The van der Waals surface area contributed by atoms with Gasteiger partial charge >= 0.3 is 0 Å². The van der Waals surface area contributed by atoms with Gasteiger partial charge < -0.3 is 16.4 Å². The van der Waals surface area contributed by atoms with Crippen molar-refractivity contribution in [2.75, 3.05) is 25.0 Å². The molecule has 1 rings (SSSR count).